The summed E-state index contributed by atoms with van der Waals surface area (Å²) in [5, 5.41) is 0. The Labute approximate surface area is 123 Å². The SMILES string of the molecule is Cc1ccc(Br)c(C(=O)N(C)CC2CCCN2C)c1. The Morgan fingerprint density at radius 1 is 1.53 bits per heavy atom. The maximum absolute atomic E-state index is 12.5. The predicted octanol–water partition coefficient (Wildman–Crippen LogP) is 2.92. The molecule has 1 unspecified atom stereocenters. The summed E-state index contributed by atoms with van der Waals surface area (Å²) in [4.78, 5) is 16.7. The standard InChI is InChI=1S/C15H21BrN2O/c1-11-6-7-14(16)13(9-11)15(19)18(3)10-12-5-4-8-17(12)2/h6-7,9,12H,4-5,8,10H2,1-3H3. The molecule has 0 aliphatic carbocycles. The van der Waals surface area contributed by atoms with E-state index in [9.17, 15) is 4.79 Å². The smallest absolute Gasteiger partial charge is 0.254 e. The minimum Gasteiger partial charge on any atom is -0.340 e. The van der Waals surface area contributed by atoms with Crippen LogP contribution in [0.15, 0.2) is 22.7 Å². The van der Waals surface area contributed by atoms with E-state index in [-0.39, 0.29) is 5.91 Å². The van der Waals surface area contributed by atoms with Crippen LogP contribution in [0, 0.1) is 6.92 Å². The lowest BCUT2D eigenvalue weighted by Gasteiger charge is -2.26. The molecule has 2 rings (SSSR count). The van der Waals surface area contributed by atoms with Gasteiger partial charge >= 0.3 is 0 Å². The Hall–Kier alpha value is -0.870. The first-order valence-electron chi connectivity index (χ1n) is 6.71. The molecular formula is C15H21BrN2O. The number of halogens is 1. The number of aryl methyl sites for hydroxylation is 1. The summed E-state index contributed by atoms with van der Waals surface area (Å²) < 4.78 is 0.870. The zero-order valence-electron chi connectivity index (χ0n) is 11.8. The third-order valence-corrected chi connectivity index (χ3v) is 4.55. The molecular weight excluding hydrogens is 304 g/mol. The second kappa shape index (κ2) is 6.06. The van der Waals surface area contributed by atoms with Gasteiger partial charge in [-0.25, -0.2) is 0 Å². The largest absolute Gasteiger partial charge is 0.340 e. The van der Waals surface area contributed by atoms with E-state index in [4.69, 9.17) is 0 Å². The molecule has 0 N–H and O–H groups in total. The van der Waals surface area contributed by atoms with Gasteiger partial charge in [0.05, 0.1) is 5.56 Å². The minimum absolute atomic E-state index is 0.0934. The first kappa shape index (κ1) is 14.5. The first-order chi connectivity index (χ1) is 8.99. The van der Waals surface area contributed by atoms with Crippen LogP contribution in [0.5, 0.6) is 0 Å². The number of carbonyl (C=O) groups excluding carboxylic acids is 1. The van der Waals surface area contributed by atoms with Crippen LogP contribution in [-0.4, -0.2) is 48.9 Å². The van der Waals surface area contributed by atoms with Crippen molar-refractivity contribution < 1.29 is 4.79 Å². The first-order valence-corrected chi connectivity index (χ1v) is 7.50. The number of benzene rings is 1. The third kappa shape index (κ3) is 3.37. The van der Waals surface area contributed by atoms with Crippen LogP contribution in [0.25, 0.3) is 0 Å². The minimum atomic E-state index is 0.0934. The van der Waals surface area contributed by atoms with Crippen molar-refractivity contribution in [3.8, 4) is 0 Å². The van der Waals surface area contributed by atoms with Gasteiger partial charge in [0.2, 0.25) is 0 Å². The van der Waals surface area contributed by atoms with Crippen molar-refractivity contribution in [1.29, 1.82) is 0 Å². The lowest BCUT2D eigenvalue weighted by Crippen LogP contribution is -2.39. The zero-order valence-corrected chi connectivity index (χ0v) is 13.4. The van der Waals surface area contributed by atoms with Gasteiger partial charge in [-0.1, -0.05) is 11.6 Å². The van der Waals surface area contributed by atoms with Crippen molar-refractivity contribution in [3.05, 3.63) is 33.8 Å². The maximum atomic E-state index is 12.5. The monoisotopic (exact) mass is 324 g/mol. The molecule has 1 aliphatic rings. The number of amides is 1. The Bertz CT molecular complexity index is 475. The van der Waals surface area contributed by atoms with E-state index in [0.29, 0.717) is 6.04 Å². The molecule has 104 valence electrons. The molecule has 1 aliphatic heterocycles. The number of nitrogens with zero attached hydrogens (tertiary/aromatic N) is 2. The quantitative estimate of drug-likeness (QED) is 0.853. The predicted molar refractivity (Wildman–Crippen MR) is 81.5 cm³/mol. The van der Waals surface area contributed by atoms with Crippen LogP contribution in [0.4, 0.5) is 0 Å². The van der Waals surface area contributed by atoms with Crippen molar-refractivity contribution in [2.75, 3.05) is 27.2 Å². The molecule has 1 amide bonds. The van der Waals surface area contributed by atoms with Crippen LogP contribution in [-0.2, 0) is 0 Å². The molecule has 1 fully saturated rings. The number of carbonyl (C=O) groups is 1. The van der Waals surface area contributed by atoms with Gasteiger partial charge in [-0.3, -0.25) is 4.79 Å². The van der Waals surface area contributed by atoms with Gasteiger partial charge < -0.3 is 9.80 Å². The maximum Gasteiger partial charge on any atom is 0.254 e. The molecule has 0 aromatic heterocycles. The molecule has 1 atom stereocenters. The number of hydrogen-bond donors (Lipinski definition) is 0. The Morgan fingerprint density at radius 2 is 2.26 bits per heavy atom. The highest BCUT2D eigenvalue weighted by Gasteiger charge is 2.24. The zero-order chi connectivity index (χ0) is 14.0. The molecule has 0 bridgehead atoms. The topological polar surface area (TPSA) is 23.6 Å². The van der Waals surface area contributed by atoms with Crippen LogP contribution in [0.3, 0.4) is 0 Å². The van der Waals surface area contributed by atoms with Gasteiger partial charge in [-0.15, -0.1) is 0 Å². The highest BCUT2D eigenvalue weighted by Crippen LogP contribution is 2.21. The number of likely N-dealkylation sites (tertiary alicyclic amines) is 1. The van der Waals surface area contributed by atoms with Gasteiger partial charge in [0, 0.05) is 24.1 Å². The highest BCUT2D eigenvalue weighted by atomic mass is 79.9. The number of likely N-dealkylation sites (N-methyl/N-ethyl adjacent to an activating group) is 2. The van der Waals surface area contributed by atoms with Crippen molar-refractivity contribution in [2.45, 2.75) is 25.8 Å². The summed E-state index contributed by atoms with van der Waals surface area (Å²) in [6.07, 6.45) is 2.42. The fourth-order valence-electron chi connectivity index (χ4n) is 2.62. The average molecular weight is 325 g/mol. The molecule has 0 spiro atoms. The third-order valence-electron chi connectivity index (χ3n) is 3.86. The summed E-state index contributed by atoms with van der Waals surface area (Å²) in [5.41, 5.74) is 1.86. The van der Waals surface area contributed by atoms with E-state index in [1.54, 1.807) is 0 Å². The number of rotatable bonds is 3. The lowest BCUT2D eigenvalue weighted by atomic mass is 10.1. The summed E-state index contributed by atoms with van der Waals surface area (Å²) in [7, 11) is 4.03. The van der Waals surface area contributed by atoms with Gasteiger partial charge in [0.15, 0.2) is 0 Å². The molecule has 19 heavy (non-hydrogen) atoms. The van der Waals surface area contributed by atoms with Crippen LogP contribution in [0.1, 0.15) is 28.8 Å². The summed E-state index contributed by atoms with van der Waals surface area (Å²) in [6, 6.07) is 6.39. The average Bonchev–Trinajstić information content (AvgIpc) is 2.77. The molecule has 1 aromatic rings. The van der Waals surface area contributed by atoms with Gasteiger partial charge in [0.25, 0.3) is 5.91 Å². The van der Waals surface area contributed by atoms with E-state index in [1.165, 1.54) is 12.8 Å². The van der Waals surface area contributed by atoms with E-state index in [0.717, 1.165) is 28.7 Å². The second-order valence-electron chi connectivity index (χ2n) is 5.45. The van der Waals surface area contributed by atoms with E-state index >= 15 is 0 Å². The van der Waals surface area contributed by atoms with Crippen molar-refractivity contribution in [2.24, 2.45) is 0 Å². The Kier molecular flexibility index (Phi) is 4.63. The van der Waals surface area contributed by atoms with Gasteiger partial charge in [-0.05, 0) is 61.4 Å². The van der Waals surface area contributed by atoms with Crippen molar-refractivity contribution in [1.82, 2.24) is 9.80 Å². The van der Waals surface area contributed by atoms with E-state index in [2.05, 4.69) is 27.9 Å². The van der Waals surface area contributed by atoms with Gasteiger partial charge in [-0.2, -0.15) is 0 Å². The van der Waals surface area contributed by atoms with Gasteiger partial charge in [0.1, 0.15) is 0 Å². The van der Waals surface area contributed by atoms with E-state index in [1.807, 2.05) is 37.1 Å². The molecule has 3 nitrogen and oxygen atoms in total. The van der Waals surface area contributed by atoms with Crippen LogP contribution >= 0.6 is 15.9 Å². The molecule has 4 heteroatoms. The molecule has 0 saturated carbocycles. The summed E-state index contributed by atoms with van der Waals surface area (Å²) >= 11 is 3.47. The van der Waals surface area contributed by atoms with Crippen molar-refractivity contribution >= 4 is 21.8 Å². The Morgan fingerprint density at radius 3 is 2.89 bits per heavy atom. The highest BCUT2D eigenvalue weighted by molar-refractivity contribution is 9.10. The van der Waals surface area contributed by atoms with E-state index < -0.39 is 0 Å². The van der Waals surface area contributed by atoms with Crippen molar-refractivity contribution in [3.63, 3.8) is 0 Å². The second-order valence-corrected chi connectivity index (χ2v) is 6.30. The van der Waals surface area contributed by atoms with Crippen LogP contribution < -0.4 is 0 Å². The molecule has 1 heterocycles. The fraction of sp³-hybridized carbons (Fsp3) is 0.533. The number of hydrogen-bond acceptors (Lipinski definition) is 2. The lowest BCUT2D eigenvalue weighted by molar-refractivity contribution is 0.0760. The summed E-state index contributed by atoms with van der Waals surface area (Å²) in [5.74, 6) is 0.0934. The molecule has 0 radical (unpaired) electrons. The summed E-state index contributed by atoms with van der Waals surface area (Å²) in [6.45, 7) is 3.95. The normalized spacial score (nSPS) is 19.7. The fourth-order valence-corrected chi connectivity index (χ4v) is 3.03. The molecule has 1 saturated heterocycles. The molecule has 1 aromatic carbocycles. The Balaban J connectivity index is 2.08. The van der Waals surface area contributed by atoms with Crippen LogP contribution in [0.2, 0.25) is 0 Å².